The molecule has 0 saturated heterocycles. The molecular formula is C20H21NO6. The van der Waals surface area contributed by atoms with E-state index in [0.717, 1.165) is 0 Å². The van der Waals surface area contributed by atoms with Crippen LogP contribution in [0.4, 0.5) is 4.79 Å². The number of carbonyl (C=O) groups is 3. The Morgan fingerprint density at radius 3 is 2.37 bits per heavy atom. The van der Waals surface area contributed by atoms with Gasteiger partial charge >= 0.3 is 18.0 Å². The zero-order valence-electron chi connectivity index (χ0n) is 15.3. The van der Waals surface area contributed by atoms with Crippen molar-refractivity contribution in [3.8, 4) is 5.75 Å². The molecule has 0 fully saturated rings. The van der Waals surface area contributed by atoms with Gasteiger partial charge in [-0.2, -0.15) is 0 Å². The van der Waals surface area contributed by atoms with Gasteiger partial charge in [0.25, 0.3) is 0 Å². The molecule has 27 heavy (non-hydrogen) atoms. The fraction of sp³-hybridized carbons (Fsp3) is 0.250. The second-order valence-electron chi connectivity index (χ2n) is 5.85. The highest BCUT2D eigenvalue weighted by molar-refractivity contribution is 6.02. The highest BCUT2D eigenvalue weighted by Crippen LogP contribution is 2.24. The molecule has 2 aromatic carbocycles. The van der Waals surface area contributed by atoms with Crippen LogP contribution in [0.1, 0.15) is 46.2 Å². The van der Waals surface area contributed by atoms with Crippen molar-refractivity contribution in [2.45, 2.75) is 20.0 Å². The Hall–Kier alpha value is -3.35. The van der Waals surface area contributed by atoms with Gasteiger partial charge in [-0.05, 0) is 43.7 Å². The Bertz CT molecular complexity index is 848. The summed E-state index contributed by atoms with van der Waals surface area (Å²) in [5.74, 6) is -1.62. The molecule has 142 valence electrons. The Morgan fingerprint density at radius 2 is 1.74 bits per heavy atom. The number of carboxylic acids is 1. The molecule has 7 nitrogen and oxygen atoms in total. The number of rotatable bonds is 6. The predicted octanol–water partition coefficient (Wildman–Crippen LogP) is 3.75. The van der Waals surface area contributed by atoms with Crippen molar-refractivity contribution in [3.05, 3.63) is 65.2 Å². The normalized spacial score (nSPS) is 11.4. The predicted molar refractivity (Wildman–Crippen MR) is 98.0 cm³/mol. The van der Waals surface area contributed by atoms with Crippen LogP contribution in [0.2, 0.25) is 0 Å². The molecule has 7 heteroatoms. The van der Waals surface area contributed by atoms with Crippen molar-refractivity contribution in [3.63, 3.8) is 0 Å². The van der Waals surface area contributed by atoms with Gasteiger partial charge in [0.15, 0.2) is 0 Å². The molecule has 0 radical (unpaired) electrons. The molecule has 0 saturated carbocycles. The summed E-state index contributed by atoms with van der Waals surface area (Å²) in [5.41, 5.74) is 0.463. The van der Waals surface area contributed by atoms with E-state index in [2.05, 4.69) is 0 Å². The van der Waals surface area contributed by atoms with Crippen LogP contribution in [0, 0.1) is 0 Å². The number of carboxylic acid groups (broad SMARTS) is 1. The summed E-state index contributed by atoms with van der Waals surface area (Å²) in [7, 11) is 1.62. The molecule has 0 heterocycles. The standard InChI is InChI=1S/C20H21NO6/c1-4-21(3)20(25)27-15-9-7-8-14(12-15)13(2)26-19(24)17-11-6-5-10-16(17)18(22)23/h5-13H,4H2,1-3H3,(H,22,23)/t13-/m1/s1. The maximum Gasteiger partial charge on any atom is 0.414 e. The molecule has 0 aliphatic rings. The Labute approximate surface area is 157 Å². The number of aromatic carboxylic acids is 1. The number of carbonyl (C=O) groups excluding carboxylic acids is 2. The average molecular weight is 371 g/mol. The summed E-state index contributed by atoms with van der Waals surface area (Å²) >= 11 is 0. The summed E-state index contributed by atoms with van der Waals surface area (Å²) in [5, 5.41) is 9.19. The fourth-order valence-electron chi connectivity index (χ4n) is 2.28. The molecule has 0 unspecified atom stereocenters. The number of amides is 1. The molecule has 0 aliphatic heterocycles. The first-order valence-corrected chi connectivity index (χ1v) is 8.39. The van der Waals surface area contributed by atoms with Crippen molar-refractivity contribution in [2.24, 2.45) is 0 Å². The van der Waals surface area contributed by atoms with Gasteiger partial charge in [-0.25, -0.2) is 14.4 Å². The first-order valence-electron chi connectivity index (χ1n) is 8.39. The van der Waals surface area contributed by atoms with Crippen molar-refractivity contribution >= 4 is 18.0 Å². The smallest absolute Gasteiger partial charge is 0.414 e. The van der Waals surface area contributed by atoms with Crippen LogP contribution in [0.25, 0.3) is 0 Å². The van der Waals surface area contributed by atoms with Crippen molar-refractivity contribution < 1.29 is 29.0 Å². The van der Waals surface area contributed by atoms with Gasteiger partial charge in [-0.3, -0.25) is 0 Å². The minimum absolute atomic E-state index is 0.0241. The zero-order valence-corrected chi connectivity index (χ0v) is 15.3. The lowest BCUT2D eigenvalue weighted by Crippen LogP contribution is -2.29. The maximum atomic E-state index is 12.4. The van der Waals surface area contributed by atoms with Gasteiger partial charge in [0.1, 0.15) is 11.9 Å². The molecule has 2 aromatic rings. The van der Waals surface area contributed by atoms with Crippen LogP contribution in [0.3, 0.4) is 0 Å². The molecule has 1 atom stereocenters. The van der Waals surface area contributed by atoms with Crippen LogP contribution >= 0.6 is 0 Å². The number of ether oxygens (including phenoxy) is 2. The third kappa shape index (κ3) is 5.07. The van der Waals surface area contributed by atoms with Gasteiger partial charge in [-0.15, -0.1) is 0 Å². The Balaban J connectivity index is 2.13. The van der Waals surface area contributed by atoms with E-state index in [4.69, 9.17) is 9.47 Å². The highest BCUT2D eigenvalue weighted by atomic mass is 16.6. The van der Waals surface area contributed by atoms with E-state index in [1.54, 1.807) is 44.3 Å². The highest BCUT2D eigenvalue weighted by Gasteiger charge is 2.20. The molecule has 1 N–H and O–H groups in total. The van der Waals surface area contributed by atoms with Gasteiger partial charge < -0.3 is 19.5 Å². The van der Waals surface area contributed by atoms with E-state index in [0.29, 0.717) is 17.9 Å². The van der Waals surface area contributed by atoms with Crippen LogP contribution < -0.4 is 4.74 Å². The lowest BCUT2D eigenvalue weighted by Gasteiger charge is -2.17. The molecular weight excluding hydrogens is 350 g/mol. The van der Waals surface area contributed by atoms with E-state index in [-0.39, 0.29) is 11.1 Å². The number of benzene rings is 2. The minimum atomic E-state index is -1.20. The van der Waals surface area contributed by atoms with E-state index < -0.39 is 24.1 Å². The quantitative estimate of drug-likeness (QED) is 0.777. The summed E-state index contributed by atoms with van der Waals surface area (Å²) in [6.07, 6.45) is -1.16. The first-order chi connectivity index (χ1) is 12.8. The molecule has 2 rings (SSSR count). The van der Waals surface area contributed by atoms with Gasteiger partial charge in [0.2, 0.25) is 0 Å². The third-order valence-corrected chi connectivity index (χ3v) is 3.98. The largest absolute Gasteiger partial charge is 0.478 e. The van der Waals surface area contributed by atoms with E-state index in [1.807, 2.05) is 6.92 Å². The van der Waals surface area contributed by atoms with Crippen LogP contribution in [-0.2, 0) is 4.74 Å². The van der Waals surface area contributed by atoms with Gasteiger partial charge in [-0.1, -0.05) is 24.3 Å². The van der Waals surface area contributed by atoms with Gasteiger partial charge in [0.05, 0.1) is 11.1 Å². The molecule has 0 aromatic heterocycles. The maximum absolute atomic E-state index is 12.4. The van der Waals surface area contributed by atoms with Crippen LogP contribution in [0.15, 0.2) is 48.5 Å². The van der Waals surface area contributed by atoms with Crippen LogP contribution in [-0.4, -0.2) is 41.6 Å². The SMILES string of the molecule is CCN(C)C(=O)Oc1cccc([C@@H](C)OC(=O)c2ccccc2C(=O)O)c1. The summed E-state index contributed by atoms with van der Waals surface area (Å²) in [6, 6.07) is 12.5. The second-order valence-corrected chi connectivity index (χ2v) is 5.85. The fourth-order valence-corrected chi connectivity index (χ4v) is 2.28. The number of hydrogen-bond donors (Lipinski definition) is 1. The Morgan fingerprint density at radius 1 is 1.07 bits per heavy atom. The second kappa shape index (κ2) is 8.84. The molecule has 0 spiro atoms. The third-order valence-electron chi connectivity index (χ3n) is 3.98. The summed E-state index contributed by atoms with van der Waals surface area (Å²) in [4.78, 5) is 36.9. The number of esters is 1. The summed E-state index contributed by atoms with van der Waals surface area (Å²) < 4.78 is 10.7. The topological polar surface area (TPSA) is 93.1 Å². The monoisotopic (exact) mass is 371 g/mol. The summed E-state index contributed by atoms with van der Waals surface area (Å²) in [6.45, 7) is 3.99. The molecule has 0 bridgehead atoms. The van der Waals surface area contributed by atoms with E-state index in [9.17, 15) is 19.5 Å². The zero-order chi connectivity index (χ0) is 20.0. The molecule has 1 amide bonds. The van der Waals surface area contributed by atoms with Crippen molar-refractivity contribution in [2.75, 3.05) is 13.6 Å². The Kier molecular flexibility index (Phi) is 6.54. The average Bonchev–Trinajstić information content (AvgIpc) is 2.67. The molecule has 0 aliphatic carbocycles. The van der Waals surface area contributed by atoms with Crippen molar-refractivity contribution in [1.29, 1.82) is 0 Å². The number of hydrogen-bond acceptors (Lipinski definition) is 5. The van der Waals surface area contributed by atoms with Gasteiger partial charge in [0, 0.05) is 13.6 Å². The van der Waals surface area contributed by atoms with E-state index >= 15 is 0 Å². The lowest BCUT2D eigenvalue weighted by molar-refractivity contribution is 0.0331. The minimum Gasteiger partial charge on any atom is -0.478 e. The lowest BCUT2D eigenvalue weighted by atomic mass is 10.1. The first kappa shape index (κ1) is 20.0. The van der Waals surface area contributed by atoms with Crippen LogP contribution in [0.5, 0.6) is 5.75 Å². The van der Waals surface area contributed by atoms with E-state index in [1.165, 1.54) is 23.1 Å². The van der Waals surface area contributed by atoms with Crippen molar-refractivity contribution in [1.82, 2.24) is 4.90 Å². The number of nitrogens with zero attached hydrogens (tertiary/aromatic N) is 1.